The molecule has 0 spiro atoms. The first-order valence-electron chi connectivity index (χ1n) is 5.90. The highest BCUT2D eigenvalue weighted by Gasteiger charge is 2.28. The zero-order chi connectivity index (χ0) is 12.5. The summed E-state index contributed by atoms with van der Waals surface area (Å²) in [7, 11) is 0. The number of fused-ring (bicyclic) bond motifs is 1. The molecule has 0 radical (unpaired) electrons. The molecule has 0 N–H and O–H groups in total. The topological polar surface area (TPSA) is 53.1 Å². The van der Waals surface area contributed by atoms with Crippen LogP contribution in [0.5, 0.6) is 0 Å². The molecule has 1 aliphatic heterocycles. The molecule has 0 saturated carbocycles. The summed E-state index contributed by atoms with van der Waals surface area (Å²) in [6.07, 6.45) is 2.53. The normalized spacial score (nSPS) is 17.1. The smallest absolute Gasteiger partial charge is 0.157 e. The van der Waals surface area contributed by atoms with E-state index in [1.807, 2.05) is 19.1 Å². The first-order chi connectivity index (χ1) is 8.78. The third kappa shape index (κ3) is 1.94. The molecule has 3 heterocycles. The Morgan fingerprint density at radius 3 is 3.22 bits per heavy atom. The van der Waals surface area contributed by atoms with E-state index in [-0.39, 0.29) is 6.04 Å². The Balaban J connectivity index is 1.85. The zero-order valence-electron chi connectivity index (χ0n) is 10.1. The zero-order valence-corrected chi connectivity index (χ0v) is 10.9. The van der Waals surface area contributed by atoms with Crippen molar-refractivity contribution in [3.63, 3.8) is 0 Å². The second-order valence-electron chi connectivity index (χ2n) is 4.37. The molecule has 4 nitrogen and oxygen atoms in total. The number of furan rings is 1. The van der Waals surface area contributed by atoms with Crippen LogP contribution in [0.15, 0.2) is 22.8 Å². The summed E-state index contributed by atoms with van der Waals surface area (Å²) < 4.78 is 5.36. The highest BCUT2D eigenvalue weighted by molar-refractivity contribution is 7.11. The number of hydrogen-bond donors (Lipinski definition) is 0. The van der Waals surface area contributed by atoms with E-state index in [0.29, 0.717) is 0 Å². The molecule has 2 aromatic rings. The van der Waals surface area contributed by atoms with E-state index in [9.17, 15) is 5.26 Å². The van der Waals surface area contributed by atoms with Crippen LogP contribution < -0.4 is 0 Å². The fourth-order valence-corrected chi connectivity index (χ4v) is 3.35. The van der Waals surface area contributed by atoms with Crippen LogP contribution in [0.3, 0.4) is 0 Å². The Morgan fingerprint density at radius 1 is 1.61 bits per heavy atom. The highest BCUT2D eigenvalue weighted by Crippen LogP contribution is 2.30. The van der Waals surface area contributed by atoms with Gasteiger partial charge in [-0.3, -0.25) is 4.90 Å². The van der Waals surface area contributed by atoms with Gasteiger partial charge in [0, 0.05) is 24.4 Å². The standard InChI is InChI=1S/C13H13N3OS/c1-9-15-10-4-5-16(8-13(10)18-9)11(7-14)12-3-2-6-17-12/h2-3,6,11H,4-5,8H2,1H3/t11-/m1/s1. The Morgan fingerprint density at radius 2 is 2.50 bits per heavy atom. The van der Waals surface area contributed by atoms with Crippen LogP contribution in [0.4, 0.5) is 0 Å². The summed E-state index contributed by atoms with van der Waals surface area (Å²) in [5.74, 6) is 0.724. The van der Waals surface area contributed by atoms with Crippen molar-refractivity contribution in [2.24, 2.45) is 0 Å². The largest absolute Gasteiger partial charge is 0.467 e. The third-order valence-corrected chi connectivity index (χ3v) is 4.17. The van der Waals surface area contributed by atoms with Gasteiger partial charge in [0.05, 0.1) is 23.0 Å². The van der Waals surface area contributed by atoms with Crippen LogP contribution in [0.1, 0.15) is 27.4 Å². The average Bonchev–Trinajstić information content (AvgIpc) is 2.97. The van der Waals surface area contributed by atoms with Crippen molar-refractivity contribution in [2.75, 3.05) is 6.54 Å². The van der Waals surface area contributed by atoms with Crippen molar-refractivity contribution >= 4 is 11.3 Å². The van der Waals surface area contributed by atoms with Gasteiger partial charge in [-0.15, -0.1) is 11.3 Å². The van der Waals surface area contributed by atoms with E-state index in [1.54, 1.807) is 17.6 Å². The molecular weight excluding hydrogens is 246 g/mol. The highest BCUT2D eigenvalue weighted by atomic mass is 32.1. The van der Waals surface area contributed by atoms with E-state index >= 15 is 0 Å². The van der Waals surface area contributed by atoms with Crippen LogP contribution in [-0.2, 0) is 13.0 Å². The predicted octanol–water partition coefficient (Wildman–Crippen LogP) is 2.67. The monoisotopic (exact) mass is 259 g/mol. The fourth-order valence-electron chi connectivity index (χ4n) is 2.34. The number of nitrogens with zero attached hydrogens (tertiary/aromatic N) is 3. The number of hydrogen-bond acceptors (Lipinski definition) is 5. The first kappa shape index (κ1) is 11.5. The first-order valence-corrected chi connectivity index (χ1v) is 6.72. The van der Waals surface area contributed by atoms with Crippen molar-refractivity contribution < 1.29 is 4.42 Å². The molecule has 0 amide bonds. The number of rotatable bonds is 2. The van der Waals surface area contributed by atoms with Gasteiger partial charge in [0.25, 0.3) is 0 Å². The summed E-state index contributed by atoms with van der Waals surface area (Å²) in [6.45, 7) is 3.68. The van der Waals surface area contributed by atoms with Crippen LogP contribution in [0, 0.1) is 18.3 Å². The summed E-state index contributed by atoms with van der Waals surface area (Å²) in [5, 5.41) is 10.4. The van der Waals surface area contributed by atoms with Gasteiger partial charge in [-0.1, -0.05) is 0 Å². The number of thiazole rings is 1. The number of aromatic nitrogens is 1. The van der Waals surface area contributed by atoms with Crippen molar-refractivity contribution in [1.82, 2.24) is 9.88 Å². The lowest BCUT2D eigenvalue weighted by Crippen LogP contribution is -2.32. The minimum atomic E-state index is -0.296. The third-order valence-electron chi connectivity index (χ3n) is 3.17. The SMILES string of the molecule is Cc1nc2c(s1)CN([C@H](C#N)c1ccco1)CC2. The summed E-state index contributed by atoms with van der Waals surface area (Å²) in [5.41, 5.74) is 1.20. The molecular formula is C13H13N3OS. The minimum absolute atomic E-state index is 0.296. The van der Waals surface area contributed by atoms with Gasteiger partial charge in [0.15, 0.2) is 6.04 Å². The molecule has 18 heavy (non-hydrogen) atoms. The van der Waals surface area contributed by atoms with Gasteiger partial charge >= 0.3 is 0 Å². The maximum atomic E-state index is 9.34. The average molecular weight is 259 g/mol. The fraction of sp³-hybridized carbons (Fsp3) is 0.385. The number of aryl methyl sites for hydroxylation is 1. The molecule has 0 aliphatic carbocycles. The summed E-state index contributed by atoms with van der Waals surface area (Å²) >= 11 is 1.73. The Labute approximate surface area is 109 Å². The van der Waals surface area contributed by atoms with E-state index in [1.165, 1.54) is 10.6 Å². The van der Waals surface area contributed by atoms with Gasteiger partial charge in [-0.05, 0) is 19.1 Å². The molecule has 92 valence electrons. The Bertz CT molecular complexity index is 582. The summed E-state index contributed by atoms with van der Waals surface area (Å²) in [4.78, 5) is 7.95. The van der Waals surface area contributed by atoms with Gasteiger partial charge in [0.1, 0.15) is 5.76 Å². The lowest BCUT2D eigenvalue weighted by molar-refractivity contribution is 0.197. The predicted molar refractivity (Wildman–Crippen MR) is 68.0 cm³/mol. The van der Waals surface area contributed by atoms with Crippen LogP contribution in [-0.4, -0.2) is 16.4 Å². The molecule has 1 aliphatic rings. The molecule has 0 aromatic carbocycles. The molecule has 1 atom stereocenters. The lowest BCUT2D eigenvalue weighted by Gasteiger charge is -2.28. The molecule has 3 rings (SSSR count). The quantitative estimate of drug-likeness (QED) is 0.832. The van der Waals surface area contributed by atoms with Crippen molar-refractivity contribution in [2.45, 2.75) is 25.9 Å². The maximum Gasteiger partial charge on any atom is 0.157 e. The van der Waals surface area contributed by atoms with Crippen molar-refractivity contribution in [3.8, 4) is 6.07 Å². The lowest BCUT2D eigenvalue weighted by atomic mass is 10.1. The maximum absolute atomic E-state index is 9.34. The van der Waals surface area contributed by atoms with Gasteiger partial charge in [-0.2, -0.15) is 5.26 Å². The molecule has 2 aromatic heterocycles. The Hall–Kier alpha value is -1.64. The van der Waals surface area contributed by atoms with E-state index in [0.717, 1.165) is 30.3 Å². The molecule has 0 unspecified atom stereocenters. The Kier molecular flexibility index (Phi) is 2.90. The summed E-state index contributed by atoms with van der Waals surface area (Å²) in [6, 6.07) is 5.72. The van der Waals surface area contributed by atoms with Crippen LogP contribution >= 0.6 is 11.3 Å². The minimum Gasteiger partial charge on any atom is -0.467 e. The van der Waals surface area contributed by atoms with E-state index in [2.05, 4.69) is 16.0 Å². The molecule has 0 bridgehead atoms. The van der Waals surface area contributed by atoms with Gasteiger partial charge < -0.3 is 4.42 Å². The van der Waals surface area contributed by atoms with E-state index in [4.69, 9.17) is 4.42 Å². The van der Waals surface area contributed by atoms with Crippen LogP contribution in [0.2, 0.25) is 0 Å². The van der Waals surface area contributed by atoms with Gasteiger partial charge in [-0.25, -0.2) is 4.98 Å². The molecule has 0 fully saturated rings. The van der Waals surface area contributed by atoms with Crippen molar-refractivity contribution in [3.05, 3.63) is 39.7 Å². The van der Waals surface area contributed by atoms with E-state index < -0.39 is 0 Å². The number of nitriles is 1. The van der Waals surface area contributed by atoms with Crippen molar-refractivity contribution in [1.29, 1.82) is 5.26 Å². The van der Waals surface area contributed by atoms with Crippen LogP contribution in [0.25, 0.3) is 0 Å². The second kappa shape index (κ2) is 4.56. The van der Waals surface area contributed by atoms with Gasteiger partial charge in [0.2, 0.25) is 0 Å². The second-order valence-corrected chi connectivity index (χ2v) is 5.66. The molecule has 5 heteroatoms. The molecule has 0 saturated heterocycles.